The SMILES string of the molecule is C=CCC(CCCCCCC(=O)O)C(=O)O. The molecule has 0 aromatic rings. The van der Waals surface area contributed by atoms with Crippen LogP contribution in [0.15, 0.2) is 12.7 Å². The number of rotatable bonds is 10. The molecule has 2 N–H and O–H groups in total. The van der Waals surface area contributed by atoms with Crippen LogP contribution >= 0.6 is 0 Å². The summed E-state index contributed by atoms with van der Waals surface area (Å²) in [4.78, 5) is 21.0. The molecule has 0 aliphatic carbocycles. The molecule has 0 aromatic heterocycles. The van der Waals surface area contributed by atoms with Gasteiger partial charge in [-0.3, -0.25) is 9.59 Å². The lowest BCUT2D eigenvalue weighted by Crippen LogP contribution is -2.12. The van der Waals surface area contributed by atoms with Crippen molar-refractivity contribution in [3.63, 3.8) is 0 Å². The van der Waals surface area contributed by atoms with Crippen LogP contribution in [-0.2, 0) is 9.59 Å². The Balaban J connectivity index is 3.51. The van der Waals surface area contributed by atoms with Crippen molar-refractivity contribution in [3.05, 3.63) is 12.7 Å². The van der Waals surface area contributed by atoms with Crippen molar-refractivity contribution in [2.75, 3.05) is 0 Å². The molecule has 0 aliphatic heterocycles. The van der Waals surface area contributed by atoms with Crippen molar-refractivity contribution >= 4 is 11.9 Å². The van der Waals surface area contributed by atoms with Crippen LogP contribution in [0.5, 0.6) is 0 Å². The summed E-state index contributed by atoms with van der Waals surface area (Å²) in [6.45, 7) is 3.53. The summed E-state index contributed by atoms with van der Waals surface area (Å²) in [5.41, 5.74) is 0. The lowest BCUT2D eigenvalue weighted by molar-refractivity contribution is -0.142. The van der Waals surface area contributed by atoms with Crippen molar-refractivity contribution in [3.8, 4) is 0 Å². The van der Waals surface area contributed by atoms with Gasteiger partial charge in [-0.2, -0.15) is 0 Å². The monoisotopic (exact) mass is 228 g/mol. The minimum atomic E-state index is -0.773. The van der Waals surface area contributed by atoms with Crippen molar-refractivity contribution < 1.29 is 19.8 Å². The molecule has 0 bridgehead atoms. The zero-order valence-corrected chi connectivity index (χ0v) is 9.52. The first-order valence-corrected chi connectivity index (χ1v) is 5.63. The van der Waals surface area contributed by atoms with E-state index in [0.717, 1.165) is 19.3 Å². The molecule has 0 spiro atoms. The molecule has 0 aliphatic rings. The third-order valence-electron chi connectivity index (χ3n) is 2.49. The number of carbonyl (C=O) groups is 2. The van der Waals surface area contributed by atoms with E-state index in [0.29, 0.717) is 19.3 Å². The number of hydrogen-bond donors (Lipinski definition) is 2. The molecule has 0 saturated carbocycles. The number of aliphatic carboxylic acids is 2. The largest absolute Gasteiger partial charge is 0.481 e. The van der Waals surface area contributed by atoms with Gasteiger partial charge in [-0.25, -0.2) is 0 Å². The third-order valence-corrected chi connectivity index (χ3v) is 2.49. The number of carboxylic acid groups (broad SMARTS) is 2. The van der Waals surface area contributed by atoms with E-state index in [2.05, 4.69) is 6.58 Å². The molecule has 0 fully saturated rings. The Morgan fingerprint density at radius 2 is 1.75 bits per heavy atom. The van der Waals surface area contributed by atoms with Crippen LogP contribution in [0.2, 0.25) is 0 Å². The predicted octanol–water partition coefficient (Wildman–Crippen LogP) is 2.69. The van der Waals surface area contributed by atoms with Crippen LogP contribution in [0, 0.1) is 5.92 Å². The normalized spacial score (nSPS) is 12.0. The Labute approximate surface area is 96.0 Å². The molecule has 92 valence electrons. The molecular formula is C12H20O4. The minimum absolute atomic E-state index is 0.203. The van der Waals surface area contributed by atoms with E-state index < -0.39 is 11.9 Å². The van der Waals surface area contributed by atoms with Gasteiger partial charge in [0.25, 0.3) is 0 Å². The molecule has 16 heavy (non-hydrogen) atoms. The Hall–Kier alpha value is -1.32. The number of unbranched alkanes of at least 4 members (excludes halogenated alkanes) is 3. The van der Waals surface area contributed by atoms with E-state index in [1.54, 1.807) is 6.08 Å². The number of carboxylic acids is 2. The van der Waals surface area contributed by atoms with Crippen LogP contribution in [0.25, 0.3) is 0 Å². The summed E-state index contributed by atoms with van der Waals surface area (Å²) >= 11 is 0. The first-order valence-electron chi connectivity index (χ1n) is 5.63. The van der Waals surface area contributed by atoms with Gasteiger partial charge in [-0.1, -0.05) is 25.3 Å². The van der Waals surface area contributed by atoms with Crippen LogP contribution in [-0.4, -0.2) is 22.2 Å². The molecule has 0 radical (unpaired) electrons. The second-order valence-corrected chi connectivity index (χ2v) is 3.91. The zero-order chi connectivity index (χ0) is 12.4. The van der Waals surface area contributed by atoms with Crippen LogP contribution < -0.4 is 0 Å². The highest BCUT2D eigenvalue weighted by atomic mass is 16.4. The van der Waals surface area contributed by atoms with Gasteiger partial charge in [-0.15, -0.1) is 6.58 Å². The molecule has 0 amide bonds. The summed E-state index contributed by atoms with van der Waals surface area (Å²) in [6, 6.07) is 0. The lowest BCUT2D eigenvalue weighted by Gasteiger charge is -2.08. The quantitative estimate of drug-likeness (QED) is 0.445. The average Bonchev–Trinajstić information content (AvgIpc) is 2.20. The first kappa shape index (κ1) is 14.7. The van der Waals surface area contributed by atoms with Gasteiger partial charge in [-0.05, 0) is 19.3 Å². The molecule has 0 saturated heterocycles. The molecule has 1 atom stereocenters. The van der Waals surface area contributed by atoms with Crippen molar-refractivity contribution in [1.82, 2.24) is 0 Å². The Kier molecular flexibility index (Phi) is 8.21. The Bertz CT molecular complexity index is 235. The van der Waals surface area contributed by atoms with Gasteiger partial charge in [0.1, 0.15) is 0 Å². The van der Waals surface area contributed by atoms with E-state index in [1.165, 1.54) is 0 Å². The van der Waals surface area contributed by atoms with Crippen molar-refractivity contribution in [2.24, 2.45) is 5.92 Å². The van der Waals surface area contributed by atoms with Crippen molar-refractivity contribution in [1.29, 1.82) is 0 Å². The van der Waals surface area contributed by atoms with Gasteiger partial charge in [0.2, 0.25) is 0 Å². The summed E-state index contributed by atoms with van der Waals surface area (Å²) in [7, 11) is 0. The highest BCUT2D eigenvalue weighted by molar-refractivity contribution is 5.70. The number of hydrogen-bond acceptors (Lipinski definition) is 2. The van der Waals surface area contributed by atoms with Crippen molar-refractivity contribution in [2.45, 2.75) is 44.9 Å². The van der Waals surface area contributed by atoms with Crippen LogP contribution in [0.1, 0.15) is 44.9 Å². The average molecular weight is 228 g/mol. The fourth-order valence-electron chi connectivity index (χ4n) is 1.56. The minimum Gasteiger partial charge on any atom is -0.481 e. The Morgan fingerprint density at radius 1 is 1.12 bits per heavy atom. The highest BCUT2D eigenvalue weighted by Gasteiger charge is 2.14. The molecule has 0 heterocycles. The maximum atomic E-state index is 10.8. The third kappa shape index (κ3) is 8.03. The smallest absolute Gasteiger partial charge is 0.306 e. The van der Waals surface area contributed by atoms with E-state index in [1.807, 2.05) is 0 Å². The molecular weight excluding hydrogens is 208 g/mol. The molecule has 0 aromatic carbocycles. The van der Waals surface area contributed by atoms with Gasteiger partial charge in [0.15, 0.2) is 0 Å². The standard InChI is InChI=1S/C12H20O4/c1-2-7-10(12(15)16)8-5-3-4-6-9-11(13)14/h2,10H,1,3-9H2,(H,13,14)(H,15,16). The van der Waals surface area contributed by atoms with Gasteiger partial charge >= 0.3 is 11.9 Å². The highest BCUT2D eigenvalue weighted by Crippen LogP contribution is 2.15. The topological polar surface area (TPSA) is 74.6 Å². The van der Waals surface area contributed by atoms with Gasteiger partial charge < -0.3 is 10.2 Å². The van der Waals surface area contributed by atoms with Crippen LogP contribution in [0.4, 0.5) is 0 Å². The summed E-state index contributed by atoms with van der Waals surface area (Å²) in [5.74, 6) is -1.88. The fraction of sp³-hybridized carbons (Fsp3) is 0.667. The summed E-state index contributed by atoms with van der Waals surface area (Å²) in [5, 5.41) is 17.3. The summed E-state index contributed by atoms with van der Waals surface area (Å²) < 4.78 is 0. The second kappa shape index (κ2) is 8.95. The van der Waals surface area contributed by atoms with E-state index in [4.69, 9.17) is 10.2 Å². The van der Waals surface area contributed by atoms with Gasteiger partial charge in [0, 0.05) is 6.42 Å². The van der Waals surface area contributed by atoms with Gasteiger partial charge in [0.05, 0.1) is 5.92 Å². The van der Waals surface area contributed by atoms with E-state index in [9.17, 15) is 9.59 Å². The first-order chi connectivity index (χ1) is 7.57. The fourth-order valence-corrected chi connectivity index (χ4v) is 1.56. The molecule has 1 unspecified atom stereocenters. The van der Waals surface area contributed by atoms with Crippen LogP contribution in [0.3, 0.4) is 0 Å². The number of allylic oxidation sites excluding steroid dienone is 1. The maximum Gasteiger partial charge on any atom is 0.306 e. The Morgan fingerprint density at radius 3 is 2.25 bits per heavy atom. The van der Waals surface area contributed by atoms with E-state index >= 15 is 0 Å². The lowest BCUT2D eigenvalue weighted by atomic mass is 9.97. The molecule has 0 rings (SSSR count). The zero-order valence-electron chi connectivity index (χ0n) is 9.52. The van der Waals surface area contributed by atoms with E-state index in [-0.39, 0.29) is 12.3 Å². The second-order valence-electron chi connectivity index (χ2n) is 3.91. The predicted molar refractivity (Wildman–Crippen MR) is 61.3 cm³/mol. The maximum absolute atomic E-state index is 10.8. The summed E-state index contributed by atoms with van der Waals surface area (Å²) in [6.07, 6.45) is 6.25. The molecule has 4 heteroatoms. The molecule has 4 nitrogen and oxygen atoms in total.